The van der Waals surface area contributed by atoms with Gasteiger partial charge in [0.25, 0.3) is 0 Å². The SMILES string of the molecule is CCOc1ccc(S(=O)(=O)N2CCC(C(=O)N3c4ccc(Br)cc4CC3C)CC2)cc1Cl. The molecule has 172 valence electrons. The van der Waals surface area contributed by atoms with E-state index in [-0.39, 0.29) is 27.8 Å². The molecule has 9 heteroatoms. The first-order valence-corrected chi connectivity index (χ1v) is 13.4. The highest BCUT2D eigenvalue weighted by Crippen LogP contribution is 2.37. The van der Waals surface area contributed by atoms with Crippen LogP contribution in [-0.2, 0) is 21.2 Å². The summed E-state index contributed by atoms with van der Waals surface area (Å²) in [6.45, 7) is 4.95. The molecule has 0 N–H and O–H groups in total. The summed E-state index contributed by atoms with van der Waals surface area (Å²) in [5.41, 5.74) is 2.12. The van der Waals surface area contributed by atoms with Crippen molar-refractivity contribution in [2.45, 2.75) is 44.0 Å². The van der Waals surface area contributed by atoms with E-state index in [1.165, 1.54) is 16.4 Å². The normalized spacial score (nSPS) is 19.8. The van der Waals surface area contributed by atoms with Crippen molar-refractivity contribution in [2.24, 2.45) is 5.92 Å². The van der Waals surface area contributed by atoms with Crippen molar-refractivity contribution in [2.75, 3.05) is 24.6 Å². The smallest absolute Gasteiger partial charge is 0.243 e. The van der Waals surface area contributed by atoms with Gasteiger partial charge in [0.15, 0.2) is 0 Å². The van der Waals surface area contributed by atoms with E-state index in [0.29, 0.717) is 38.3 Å². The van der Waals surface area contributed by atoms with Crippen molar-refractivity contribution in [3.63, 3.8) is 0 Å². The van der Waals surface area contributed by atoms with E-state index in [1.807, 2.05) is 24.0 Å². The molecule has 0 spiro atoms. The van der Waals surface area contributed by atoms with Crippen LogP contribution in [0.3, 0.4) is 0 Å². The quantitative estimate of drug-likeness (QED) is 0.541. The van der Waals surface area contributed by atoms with Crippen LogP contribution in [0.2, 0.25) is 5.02 Å². The molecule has 1 saturated heterocycles. The van der Waals surface area contributed by atoms with Gasteiger partial charge in [-0.15, -0.1) is 0 Å². The zero-order chi connectivity index (χ0) is 23.0. The van der Waals surface area contributed by atoms with E-state index < -0.39 is 10.0 Å². The molecule has 2 aromatic carbocycles. The summed E-state index contributed by atoms with van der Waals surface area (Å²) >= 11 is 9.69. The van der Waals surface area contributed by atoms with Crippen molar-refractivity contribution in [1.82, 2.24) is 4.31 Å². The third-order valence-electron chi connectivity index (χ3n) is 6.14. The minimum Gasteiger partial charge on any atom is -0.492 e. The topological polar surface area (TPSA) is 66.9 Å². The molecule has 0 radical (unpaired) electrons. The van der Waals surface area contributed by atoms with Crippen LogP contribution in [0.15, 0.2) is 45.8 Å². The fourth-order valence-corrected chi connectivity index (χ4v) is 6.74. The lowest BCUT2D eigenvalue weighted by Gasteiger charge is -2.34. The second kappa shape index (κ2) is 9.33. The Morgan fingerprint density at radius 1 is 1.19 bits per heavy atom. The van der Waals surface area contributed by atoms with Gasteiger partial charge in [-0.05, 0) is 75.1 Å². The number of amides is 1. The Bertz CT molecular complexity index is 1130. The molecule has 1 fully saturated rings. The van der Waals surface area contributed by atoms with Gasteiger partial charge in [-0.1, -0.05) is 27.5 Å². The predicted molar refractivity (Wildman–Crippen MR) is 129 cm³/mol. The van der Waals surface area contributed by atoms with Crippen LogP contribution in [0.25, 0.3) is 0 Å². The maximum atomic E-state index is 13.3. The molecule has 6 nitrogen and oxygen atoms in total. The average molecular weight is 542 g/mol. The molecule has 0 aliphatic carbocycles. The Morgan fingerprint density at radius 3 is 2.56 bits per heavy atom. The van der Waals surface area contributed by atoms with Crippen LogP contribution >= 0.6 is 27.5 Å². The monoisotopic (exact) mass is 540 g/mol. The number of fused-ring (bicyclic) bond motifs is 1. The maximum absolute atomic E-state index is 13.3. The Balaban J connectivity index is 1.45. The minimum atomic E-state index is -3.69. The van der Waals surface area contributed by atoms with E-state index in [9.17, 15) is 13.2 Å². The van der Waals surface area contributed by atoms with Gasteiger partial charge in [0.2, 0.25) is 15.9 Å². The Kier molecular flexibility index (Phi) is 6.86. The number of anilines is 1. The van der Waals surface area contributed by atoms with Crippen LogP contribution in [0, 0.1) is 5.92 Å². The molecule has 1 unspecified atom stereocenters. The second-order valence-corrected chi connectivity index (χ2v) is 11.5. The number of sulfonamides is 1. The van der Waals surface area contributed by atoms with Crippen LogP contribution in [0.1, 0.15) is 32.3 Å². The number of rotatable bonds is 5. The lowest BCUT2D eigenvalue weighted by molar-refractivity contribution is -0.123. The van der Waals surface area contributed by atoms with Crippen LogP contribution < -0.4 is 9.64 Å². The highest BCUT2D eigenvalue weighted by Gasteiger charge is 2.38. The number of hydrogen-bond acceptors (Lipinski definition) is 4. The Morgan fingerprint density at radius 2 is 1.91 bits per heavy atom. The first kappa shape index (κ1) is 23.5. The van der Waals surface area contributed by atoms with Gasteiger partial charge in [0, 0.05) is 35.2 Å². The Hall–Kier alpha value is -1.61. The van der Waals surface area contributed by atoms with Crippen molar-refractivity contribution in [1.29, 1.82) is 0 Å². The Labute approximate surface area is 202 Å². The molecule has 4 rings (SSSR count). The summed E-state index contributed by atoms with van der Waals surface area (Å²) < 4.78 is 34.1. The van der Waals surface area contributed by atoms with Crippen molar-refractivity contribution in [3.8, 4) is 5.75 Å². The zero-order valence-corrected chi connectivity index (χ0v) is 21.2. The van der Waals surface area contributed by atoms with E-state index in [0.717, 1.165) is 22.1 Å². The summed E-state index contributed by atoms with van der Waals surface area (Å²) in [5.74, 6) is 0.353. The molecule has 32 heavy (non-hydrogen) atoms. The third-order valence-corrected chi connectivity index (χ3v) is 8.82. The number of piperidine rings is 1. The van der Waals surface area contributed by atoms with E-state index in [1.54, 1.807) is 6.07 Å². The largest absolute Gasteiger partial charge is 0.492 e. The number of carbonyl (C=O) groups excluding carboxylic acids is 1. The van der Waals surface area contributed by atoms with Gasteiger partial charge in [-0.25, -0.2) is 8.42 Å². The van der Waals surface area contributed by atoms with E-state index in [2.05, 4.69) is 28.9 Å². The number of hydrogen-bond donors (Lipinski definition) is 0. The van der Waals surface area contributed by atoms with Gasteiger partial charge >= 0.3 is 0 Å². The van der Waals surface area contributed by atoms with E-state index in [4.69, 9.17) is 16.3 Å². The number of carbonyl (C=O) groups is 1. The molecular formula is C23H26BrClN2O4S. The summed E-state index contributed by atoms with van der Waals surface area (Å²) in [5, 5.41) is 0.270. The lowest BCUT2D eigenvalue weighted by Crippen LogP contribution is -2.46. The standard InChI is InChI=1S/C23H26BrClN2O4S/c1-3-31-22-7-5-19(14-20(22)25)32(29,30)26-10-8-16(9-11-26)23(28)27-15(2)12-17-13-18(24)4-6-21(17)27/h4-7,13-16H,3,8-12H2,1-2H3. The van der Waals surface area contributed by atoms with Gasteiger partial charge in [0.05, 0.1) is 16.5 Å². The van der Waals surface area contributed by atoms with Gasteiger partial charge in [0.1, 0.15) is 5.75 Å². The predicted octanol–water partition coefficient (Wildman–Crippen LogP) is 4.88. The molecular weight excluding hydrogens is 516 g/mol. The summed E-state index contributed by atoms with van der Waals surface area (Å²) in [6.07, 6.45) is 1.82. The van der Waals surface area contributed by atoms with Crippen molar-refractivity contribution >= 4 is 49.1 Å². The van der Waals surface area contributed by atoms with Gasteiger partial charge in [-0.3, -0.25) is 4.79 Å². The summed E-state index contributed by atoms with van der Waals surface area (Å²) in [6, 6.07) is 10.6. The van der Waals surface area contributed by atoms with Gasteiger partial charge in [-0.2, -0.15) is 4.31 Å². The number of nitrogens with zero attached hydrogens (tertiary/aromatic N) is 2. The molecule has 2 heterocycles. The first-order chi connectivity index (χ1) is 15.2. The third kappa shape index (κ3) is 4.42. The maximum Gasteiger partial charge on any atom is 0.243 e. The molecule has 0 bridgehead atoms. The zero-order valence-electron chi connectivity index (χ0n) is 18.1. The van der Waals surface area contributed by atoms with Gasteiger partial charge < -0.3 is 9.64 Å². The molecule has 0 aromatic heterocycles. The lowest BCUT2D eigenvalue weighted by atomic mass is 9.96. The summed E-state index contributed by atoms with van der Waals surface area (Å²) in [7, 11) is -3.69. The first-order valence-electron chi connectivity index (χ1n) is 10.8. The fourth-order valence-electron chi connectivity index (χ4n) is 4.54. The summed E-state index contributed by atoms with van der Waals surface area (Å²) in [4.78, 5) is 15.4. The number of benzene rings is 2. The molecule has 0 saturated carbocycles. The highest BCUT2D eigenvalue weighted by atomic mass is 79.9. The molecule has 2 aliphatic heterocycles. The van der Waals surface area contributed by atoms with Crippen molar-refractivity contribution in [3.05, 3.63) is 51.5 Å². The van der Waals surface area contributed by atoms with Crippen LogP contribution in [0.5, 0.6) is 5.75 Å². The average Bonchev–Trinajstić information content (AvgIpc) is 3.09. The molecule has 2 aromatic rings. The number of ether oxygens (including phenoxy) is 1. The highest BCUT2D eigenvalue weighted by molar-refractivity contribution is 9.10. The number of halogens is 2. The fraction of sp³-hybridized carbons (Fsp3) is 0.435. The molecule has 1 atom stereocenters. The molecule has 1 amide bonds. The second-order valence-electron chi connectivity index (χ2n) is 8.24. The molecule has 2 aliphatic rings. The van der Waals surface area contributed by atoms with E-state index >= 15 is 0 Å². The van der Waals surface area contributed by atoms with Crippen LogP contribution in [0.4, 0.5) is 5.69 Å². The van der Waals surface area contributed by atoms with Crippen molar-refractivity contribution < 1.29 is 17.9 Å². The minimum absolute atomic E-state index is 0.0831. The van der Waals surface area contributed by atoms with Crippen LogP contribution in [-0.4, -0.2) is 44.4 Å².